The topological polar surface area (TPSA) is 75.3 Å². The lowest BCUT2D eigenvalue weighted by atomic mass is 10.1. The Morgan fingerprint density at radius 1 is 1.00 bits per heavy atom. The van der Waals surface area contributed by atoms with Crippen LogP contribution in [0, 0.1) is 13.8 Å². The minimum Gasteiger partial charge on any atom is -0.326 e. The van der Waals surface area contributed by atoms with Crippen LogP contribution in [0.1, 0.15) is 43.9 Å². The summed E-state index contributed by atoms with van der Waals surface area (Å²) in [5, 5.41) is 2.94. The van der Waals surface area contributed by atoms with E-state index in [1.165, 1.54) is 0 Å². The van der Waals surface area contributed by atoms with Gasteiger partial charge in [0.25, 0.3) is 0 Å². The average Bonchev–Trinajstić information content (AvgIpc) is 2.55. The zero-order valence-electron chi connectivity index (χ0n) is 16.6. The minimum absolute atomic E-state index is 0.0604. The van der Waals surface area contributed by atoms with Gasteiger partial charge in [-0.25, -0.2) is 13.1 Å². The summed E-state index contributed by atoms with van der Waals surface area (Å²) in [6, 6.07) is 12.5. The summed E-state index contributed by atoms with van der Waals surface area (Å²) in [6.07, 6.45) is 0.878. The fourth-order valence-corrected chi connectivity index (χ4v) is 4.07. The number of hydrogen-bond acceptors (Lipinski definition) is 3. The van der Waals surface area contributed by atoms with Gasteiger partial charge in [-0.05, 0) is 75.9 Å². The fourth-order valence-electron chi connectivity index (χ4n) is 2.65. The third kappa shape index (κ3) is 6.19. The SMILES string of the molecule is Cc1cccc(NC(=O)CCc2ccc(S(=O)(=O)NC(C)(C)C)cc2)c1C. The lowest BCUT2D eigenvalue weighted by molar-refractivity contribution is -0.116. The van der Waals surface area contributed by atoms with E-state index in [1.54, 1.807) is 45.0 Å². The van der Waals surface area contributed by atoms with Crippen molar-refractivity contribution in [2.75, 3.05) is 5.32 Å². The minimum atomic E-state index is -3.54. The number of aryl methyl sites for hydroxylation is 2. The van der Waals surface area contributed by atoms with E-state index in [1.807, 2.05) is 32.0 Å². The molecular weight excluding hydrogens is 360 g/mol. The number of sulfonamides is 1. The second-order valence-electron chi connectivity index (χ2n) is 7.80. The van der Waals surface area contributed by atoms with Crippen molar-refractivity contribution in [3.63, 3.8) is 0 Å². The third-order valence-corrected chi connectivity index (χ3v) is 5.97. The van der Waals surface area contributed by atoms with Gasteiger partial charge >= 0.3 is 0 Å². The highest BCUT2D eigenvalue weighted by Gasteiger charge is 2.21. The highest BCUT2D eigenvalue weighted by Crippen LogP contribution is 2.19. The van der Waals surface area contributed by atoms with Crippen molar-refractivity contribution in [3.05, 3.63) is 59.2 Å². The molecule has 1 amide bonds. The van der Waals surface area contributed by atoms with Crippen molar-refractivity contribution in [1.82, 2.24) is 4.72 Å². The first-order valence-electron chi connectivity index (χ1n) is 8.97. The molecule has 2 N–H and O–H groups in total. The van der Waals surface area contributed by atoms with Crippen LogP contribution in [0.5, 0.6) is 0 Å². The Kier molecular flexibility index (Phi) is 6.44. The molecule has 2 aromatic carbocycles. The Balaban J connectivity index is 1.97. The van der Waals surface area contributed by atoms with Crippen molar-refractivity contribution >= 4 is 21.6 Å². The van der Waals surface area contributed by atoms with Gasteiger partial charge in [-0.15, -0.1) is 0 Å². The van der Waals surface area contributed by atoms with Crippen molar-refractivity contribution in [2.24, 2.45) is 0 Å². The zero-order chi connectivity index (χ0) is 20.2. The zero-order valence-corrected chi connectivity index (χ0v) is 17.4. The Morgan fingerprint density at radius 2 is 1.63 bits per heavy atom. The van der Waals surface area contributed by atoms with Gasteiger partial charge in [0.1, 0.15) is 0 Å². The van der Waals surface area contributed by atoms with E-state index >= 15 is 0 Å². The predicted molar refractivity (Wildman–Crippen MR) is 109 cm³/mol. The predicted octanol–water partition coefficient (Wildman–Crippen LogP) is 3.95. The molecule has 0 aliphatic heterocycles. The van der Waals surface area contributed by atoms with Crippen LogP contribution in [0.2, 0.25) is 0 Å². The van der Waals surface area contributed by atoms with Crippen molar-refractivity contribution in [3.8, 4) is 0 Å². The van der Waals surface area contributed by atoms with Gasteiger partial charge in [-0.3, -0.25) is 4.79 Å². The van der Waals surface area contributed by atoms with Gasteiger partial charge < -0.3 is 5.32 Å². The molecule has 0 atom stereocenters. The maximum atomic E-state index is 12.3. The molecular formula is C21H28N2O3S. The van der Waals surface area contributed by atoms with Crippen LogP contribution in [-0.4, -0.2) is 19.9 Å². The van der Waals surface area contributed by atoms with Crippen molar-refractivity contribution in [2.45, 2.75) is 57.9 Å². The lowest BCUT2D eigenvalue weighted by Gasteiger charge is -2.20. The number of carbonyl (C=O) groups excluding carboxylic acids is 1. The summed E-state index contributed by atoms with van der Waals surface area (Å²) in [7, 11) is -3.54. The molecule has 0 aliphatic carbocycles. The van der Waals surface area contributed by atoms with Gasteiger partial charge in [0.05, 0.1) is 4.90 Å². The Labute approximate surface area is 162 Å². The normalized spacial score (nSPS) is 12.0. The number of anilines is 1. The van der Waals surface area contributed by atoms with E-state index in [4.69, 9.17) is 0 Å². The highest BCUT2D eigenvalue weighted by molar-refractivity contribution is 7.89. The van der Waals surface area contributed by atoms with E-state index in [2.05, 4.69) is 10.0 Å². The second kappa shape index (κ2) is 8.23. The first-order chi connectivity index (χ1) is 12.5. The summed E-state index contributed by atoms with van der Waals surface area (Å²) in [5.74, 6) is -0.0604. The van der Waals surface area contributed by atoms with E-state index < -0.39 is 15.6 Å². The molecule has 0 aliphatic rings. The van der Waals surface area contributed by atoms with Gasteiger partial charge in [0, 0.05) is 17.6 Å². The summed E-state index contributed by atoms with van der Waals surface area (Å²) >= 11 is 0. The Hall–Kier alpha value is -2.18. The number of carbonyl (C=O) groups is 1. The second-order valence-corrected chi connectivity index (χ2v) is 9.48. The Bertz CT molecular complexity index is 911. The monoisotopic (exact) mass is 388 g/mol. The number of rotatable bonds is 6. The molecule has 2 rings (SSSR count). The molecule has 0 spiro atoms. The number of nitrogens with one attached hydrogen (secondary N) is 2. The molecule has 5 nitrogen and oxygen atoms in total. The number of hydrogen-bond donors (Lipinski definition) is 2. The van der Waals surface area contributed by atoms with E-state index in [-0.39, 0.29) is 10.8 Å². The molecule has 0 bridgehead atoms. The number of benzene rings is 2. The van der Waals surface area contributed by atoms with Gasteiger partial charge in [0.15, 0.2) is 0 Å². The summed E-state index contributed by atoms with van der Waals surface area (Å²) in [4.78, 5) is 12.4. The van der Waals surface area contributed by atoms with Crippen LogP contribution < -0.4 is 10.0 Å². The molecule has 0 saturated carbocycles. The lowest BCUT2D eigenvalue weighted by Crippen LogP contribution is -2.40. The first kappa shape index (κ1) is 21.1. The summed E-state index contributed by atoms with van der Waals surface area (Å²) < 4.78 is 27.3. The molecule has 6 heteroatoms. The van der Waals surface area contributed by atoms with Crippen molar-refractivity contribution < 1.29 is 13.2 Å². The molecule has 0 saturated heterocycles. The van der Waals surface area contributed by atoms with Gasteiger partial charge in [-0.2, -0.15) is 0 Å². The summed E-state index contributed by atoms with van der Waals surface area (Å²) in [6.45, 7) is 9.39. The third-order valence-electron chi connectivity index (χ3n) is 4.19. The molecule has 0 aromatic heterocycles. The van der Waals surface area contributed by atoms with Crippen LogP contribution in [0.15, 0.2) is 47.4 Å². The molecule has 146 valence electrons. The van der Waals surface area contributed by atoms with Gasteiger partial charge in [-0.1, -0.05) is 24.3 Å². The molecule has 0 fully saturated rings. The number of amides is 1. The first-order valence-corrected chi connectivity index (χ1v) is 10.5. The van der Waals surface area contributed by atoms with E-state index in [0.717, 1.165) is 22.4 Å². The highest BCUT2D eigenvalue weighted by atomic mass is 32.2. The van der Waals surface area contributed by atoms with Crippen LogP contribution in [0.4, 0.5) is 5.69 Å². The fraction of sp³-hybridized carbons (Fsp3) is 0.381. The smallest absolute Gasteiger partial charge is 0.241 e. The maximum Gasteiger partial charge on any atom is 0.241 e. The molecule has 27 heavy (non-hydrogen) atoms. The molecule has 0 radical (unpaired) electrons. The van der Waals surface area contributed by atoms with E-state index in [9.17, 15) is 13.2 Å². The Morgan fingerprint density at radius 3 is 2.22 bits per heavy atom. The standard InChI is InChI=1S/C21H28N2O3S/c1-15-7-6-8-19(16(15)2)22-20(24)14-11-17-9-12-18(13-10-17)27(25,26)23-21(3,4)5/h6-10,12-13,23H,11,14H2,1-5H3,(H,22,24). The average molecular weight is 389 g/mol. The maximum absolute atomic E-state index is 12.3. The van der Waals surface area contributed by atoms with Crippen LogP contribution in [0.25, 0.3) is 0 Å². The van der Waals surface area contributed by atoms with Crippen LogP contribution in [0.3, 0.4) is 0 Å². The molecule has 0 heterocycles. The van der Waals surface area contributed by atoms with Gasteiger partial charge in [0.2, 0.25) is 15.9 Å². The van der Waals surface area contributed by atoms with E-state index in [0.29, 0.717) is 12.8 Å². The van der Waals surface area contributed by atoms with Crippen LogP contribution >= 0.6 is 0 Å². The van der Waals surface area contributed by atoms with Crippen LogP contribution in [-0.2, 0) is 21.2 Å². The van der Waals surface area contributed by atoms with Crippen molar-refractivity contribution in [1.29, 1.82) is 0 Å². The molecule has 0 unspecified atom stereocenters. The largest absolute Gasteiger partial charge is 0.326 e. The summed E-state index contributed by atoms with van der Waals surface area (Å²) in [5.41, 5.74) is 3.40. The quantitative estimate of drug-likeness (QED) is 0.787. The molecule has 2 aromatic rings.